The molecular formula is C28H50Cl2N6O4. The summed E-state index contributed by atoms with van der Waals surface area (Å²) in [6, 6.07) is -0.0977. The molecule has 2 atom stereocenters. The summed E-state index contributed by atoms with van der Waals surface area (Å²) in [4.78, 5) is 40.7. The molecule has 0 aromatic carbocycles. The molecule has 40 heavy (non-hydrogen) atoms. The van der Waals surface area contributed by atoms with Crippen LogP contribution in [0.3, 0.4) is 0 Å². The largest absolute Gasteiger partial charge is 0.385 e. The molecule has 2 aliphatic rings. The van der Waals surface area contributed by atoms with Crippen LogP contribution in [-0.2, 0) is 19.7 Å². The van der Waals surface area contributed by atoms with E-state index in [0.717, 1.165) is 19.4 Å². The molecule has 0 unspecified atom stereocenters. The Morgan fingerprint density at radius 1 is 1.23 bits per heavy atom. The van der Waals surface area contributed by atoms with Gasteiger partial charge in [0.15, 0.2) is 0 Å². The second-order valence-electron chi connectivity index (χ2n) is 11.9. The fourth-order valence-corrected chi connectivity index (χ4v) is 4.97. The van der Waals surface area contributed by atoms with E-state index < -0.39 is 0 Å². The number of anilines is 1. The van der Waals surface area contributed by atoms with Crippen molar-refractivity contribution in [3.05, 3.63) is 17.6 Å². The lowest BCUT2D eigenvalue weighted by Crippen LogP contribution is -2.55. The maximum absolute atomic E-state index is 14.1. The van der Waals surface area contributed by atoms with Crippen LogP contribution in [-0.4, -0.2) is 104 Å². The van der Waals surface area contributed by atoms with Gasteiger partial charge >= 0.3 is 0 Å². The molecule has 2 saturated heterocycles. The molecule has 0 radical (unpaired) electrons. The molecule has 10 nitrogen and oxygen atoms in total. The van der Waals surface area contributed by atoms with Crippen LogP contribution in [0, 0.1) is 11.8 Å². The minimum atomic E-state index is -0.249. The van der Waals surface area contributed by atoms with Crippen molar-refractivity contribution in [2.45, 2.75) is 65.3 Å². The predicted octanol–water partition coefficient (Wildman–Crippen LogP) is 3.39. The van der Waals surface area contributed by atoms with Gasteiger partial charge in [0.1, 0.15) is 17.2 Å². The smallest absolute Gasteiger partial charge is 0.259 e. The standard InChI is InChI=1S/C28H48N6O4.2ClH/c1-20(2)19-34(22-15-21(16-29-17-22)25(35)33-10-8-13-38-14-11-33)26(36)23-18-31-27(28(3,4)5)32-24(23)30-9-7-12-37-6;;/h18,20-22,29H,7-17,19H2,1-6H3,(H,30,31,32);2*1H/t21-,22+;;/m1../s1. The number of piperidine rings is 1. The summed E-state index contributed by atoms with van der Waals surface area (Å²) in [5, 5.41) is 6.80. The van der Waals surface area contributed by atoms with Gasteiger partial charge in [-0.3, -0.25) is 9.59 Å². The lowest BCUT2D eigenvalue weighted by atomic mass is 9.92. The van der Waals surface area contributed by atoms with Crippen molar-refractivity contribution < 1.29 is 19.1 Å². The van der Waals surface area contributed by atoms with Crippen molar-refractivity contribution in [3.8, 4) is 0 Å². The van der Waals surface area contributed by atoms with Crippen LogP contribution in [0.25, 0.3) is 0 Å². The van der Waals surface area contributed by atoms with Crippen LogP contribution in [0.5, 0.6) is 0 Å². The third-order valence-electron chi connectivity index (χ3n) is 6.98. The summed E-state index contributed by atoms with van der Waals surface area (Å²) in [5.41, 5.74) is 0.218. The molecule has 230 valence electrons. The average Bonchev–Trinajstić information content (AvgIpc) is 3.18. The van der Waals surface area contributed by atoms with Crippen LogP contribution in [0.2, 0.25) is 0 Å². The molecule has 2 amide bonds. The van der Waals surface area contributed by atoms with Gasteiger partial charge in [-0.1, -0.05) is 34.6 Å². The Kier molecular flexibility index (Phi) is 15.7. The van der Waals surface area contributed by atoms with Crippen molar-refractivity contribution in [1.29, 1.82) is 0 Å². The van der Waals surface area contributed by atoms with E-state index >= 15 is 0 Å². The van der Waals surface area contributed by atoms with Crippen LogP contribution in [0.1, 0.15) is 70.1 Å². The van der Waals surface area contributed by atoms with E-state index in [0.29, 0.717) is 76.2 Å². The number of ether oxygens (including phenoxy) is 2. The first-order valence-electron chi connectivity index (χ1n) is 14.1. The molecule has 1 aromatic heterocycles. The highest BCUT2D eigenvalue weighted by Crippen LogP contribution is 2.26. The topological polar surface area (TPSA) is 109 Å². The lowest BCUT2D eigenvalue weighted by Gasteiger charge is -2.39. The Hall–Kier alpha value is -1.72. The van der Waals surface area contributed by atoms with E-state index in [1.54, 1.807) is 13.3 Å². The predicted molar refractivity (Wildman–Crippen MR) is 163 cm³/mol. The molecule has 1 aromatic rings. The molecule has 2 fully saturated rings. The number of nitrogens with one attached hydrogen (secondary N) is 2. The summed E-state index contributed by atoms with van der Waals surface area (Å²) in [6.07, 6.45) is 3.96. The minimum absolute atomic E-state index is 0. The molecule has 12 heteroatoms. The van der Waals surface area contributed by atoms with Gasteiger partial charge in [-0.25, -0.2) is 9.97 Å². The monoisotopic (exact) mass is 604 g/mol. The second-order valence-corrected chi connectivity index (χ2v) is 11.9. The fourth-order valence-electron chi connectivity index (χ4n) is 4.97. The average molecular weight is 606 g/mol. The normalized spacial score (nSPS) is 19.7. The summed E-state index contributed by atoms with van der Waals surface area (Å²) in [7, 11) is 1.68. The first-order chi connectivity index (χ1) is 18.1. The zero-order valence-corrected chi connectivity index (χ0v) is 26.7. The second kappa shape index (κ2) is 17.3. The molecule has 0 bridgehead atoms. The number of hydrogen-bond acceptors (Lipinski definition) is 8. The maximum Gasteiger partial charge on any atom is 0.259 e. The third-order valence-corrected chi connectivity index (χ3v) is 6.98. The number of amides is 2. The highest BCUT2D eigenvalue weighted by molar-refractivity contribution is 5.98. The van der Waals surface area contributed by atoms with Crippen molar-refractivity contribution in [2.75, 3.05) is 71.5 Å². The highest BCUT2D eigenvalue weighted by atomic mass is 35.5. The maximum atomic E-state index is 14.1. The third kappa shape index (κ3) is 10.3. The number of halogens is 2. The minimum Gasteiger partial charge on any atom is -0.385 e. The number of nitrogens with zero attached hydrogens (tertiary/aromatic N) is 4. The van der Waals surface area contributed by atoms with Crippen molar-refractivity contribution in [2.24, 2.45) is 11.8 Å². The van der Waals surface area contributed by atoms with E-state index in [1.165, 1.54) is 0 Å². The molecule has 2 aliphatic heterocycles. The van der Waals surface area contributed by atoms with E-state index in [4.69, 9.17) is 14.5 Å². The number of carbonyl (C=O) groups excluding carboxylic acids is 2. The van der Waals surface area contributed by atoms with Gasteiger partial charge < -0.3 is 29.9 Å². The van der Waals surface area contributed by atoms with E-state index in [1.807, 2.05) is 9.80 Å². The van der Waals surface area contributed by atoms with Gasteiger partial charge in [-0.2, -0.15) is 0 Å². The van der Waals surface area contributed by atoms with Crippen LogP contribution in [0.15, 0.2) is 6.20 Å². The first-order valence-corrected chi connectivity index (χ1v) is 14.1. The zero-order valence-electron chi connectivity index (χ0n) is 25.0. The summed E-state index contributed by atoms with van der Waals surface area (Å²) in [6.45, 7) is 16.2. The Morgan fingerprint density at radius 3 is 2.65 bits per heavy atom. The summed E-state index contributed by atoms with van der Waals surface area (Å²) < 4.78 is 10.7. The van der Waals surface area contributed by atoms with Gasteiger partial charge in [0, 0.05) is 77.2 Å². The van der Waals surface area contributed by atoms with E-state index in [2.05, 4.69) is 50.2 Å². The number of hydrogen-bond donors (Lipinski definition) is 2. The number of methoxy groups -OCH3 is 1. The Labute approximate surface area is 252 Å². The highest BCUT2D eigenvalue weighted by Gasteiger charge is 2.36. The molecule has 3 rings (SSSR count). The Morgan fingerprint density at radius 2 is 1.98 bits per heavy atom. The Balaban J connectivity index is 0.00000400. The van der Waals surface area contributed by atoms with Crippen LogP contribution in [0.4, 0.5) is 5.82 Å². The number of rotatable bonds is 10. The van der Waals surface area contributed by atoms with Crippen molar-refractivity contribution in [1.82, 2.24) is 25.1 Å². The Bertz CT molecular complexity index is 923. The van der Waals surface area contributed by atoms with Gasteiger partial charge in [0.2, 0.25) is 5.91 Å². The van der Waals surface area contributed by atoms with E-state index in [-0.39, 0.29) is 59.9 Å². The molecule has 3 heterocycles. The molecule has 2 N–H and O–H groups in total. The van der Waals surface area contributed by atoms with Crippen molar-refractivity contribution >= 4 is 42.4 Å². The molecule has 0 saturated carbocycles. The summed E-state index contributed by atoms with van der Waals surface area (Å²) in [5.74, 6) is 1.40. The van der Waals surface area contributed by atoms with Crippen LogP contribution < -0.4 is 10.6 Å². The fraction of sp³-hybridized carbons (Fsp3) is 0.786. The SMILES string of the molecule is COCCCNc1nc(C(C)(C)C)ncc1C(=O)N(CC(C)C)[C@@H]1CNC[C@H](C(=O)N2CCCOCC2)C1.Cl.Cl. The molecule has 0 spiro atoms. The molecular weight excluding hydrogens is 555 g/mol. The van der Waals surface area contributed by atoms with Gasteiger partial charge in [-0.05, 0) is 25.2 Å². The zero-order chi connectivity index (χ0) is 27.7. The number of carbonyl (C=O) groups is 2. The van der Waals surface area contributed by atoms with Crippen LogP contribution >= 0.6 is 24.8 Å². The van der Waals surface area contributed by atoms with Gasteiger partial charge in [-0.15, -0.1) is 24.8 Å². The lowest BCUT2D eigenvalue weighted by molar-refractivity contribution is -0.136. The van der Waals surface area contributed by atoms with Gasteiger partial charge in [0.25, 0.3) is 5.91 Å². The number of aromatic nitrogens is 2. The summed E-state index contributed by atoms with van der Waals surface area (Å²) >= 11 is 0. The molecule has 0 aliphatic carbocycles. The quantitative estimate of drug-likeness (QED) is 0.391. The van der Waals surface area contributed by atoms with E-state index in [9.17, 15) is 9.59 Å². The van der Waals surface area contributed by atoms with Crippen molar-refractivity contribution in [3.63, 3.8) is 0 Å². The van der Waals surface area contributed by atoms with Gasteiger partial charge in [0.05, 0.1) is 12.5 Å². The first kappa shape index (κ1) is 36.3.